The van der Waals surface area contributed by atoms with Gasteiger partial charge in [-0.05, 0) is 61.3 Å². The topological polar surface area (TPSA) is 45.2 Å². The molecule has 0 saturated carbocycles. The Morgan fingerprint density at radius 2 is 2.13 bits per heavy atom. The molecule has 1 atom stereocenters. The fraction of sp³-hybridized carbons (Fsp3) is 0.333. The summed E-state index contributed by atoms with van der Waals surface area (Å²) in [6.45, 7) is 3.33. The van der Waals surface area contributed by atoms with E-state index in [0.717, 1.165) is 31.6 Å². The smallest absolute Gasteiger partial charge is 0.254 e. The van der Waals surface area contributed by atoms with E-state index in [9.17, 15) is 4.79 Å². The van der Waals surface area contributed by atoms with Gasteiger partial charge in [0.2, 0.25) is 0 Å². The molecule has 120 valence electrons. The highest BCUT2D eigenvalue weighted by atomic mass is 35.5. The predicted octanol–water partition coefficient (Wildman–Crippen LogP) is 2.99. The summed E-state index contributed by atoms with van der Waals surface area (Å²) >= 11 is 5.92. The van der Waals surface area contributed by atoms with Crippen LogP contribution in [0.5, 0.6) is 0 Å². The summed E-state index contributed by atoms with van der Waals surface area (Å²) in [5, 5.41) is 4.00. The first kappa shape index (κ1) is 16.0. The molecule has 5 heteroatoms. The summed E-state index contributed by atoms with van der Waals surface area (Å²) in [5.41, 5.74) is 1.71. The van der Waals surface area contributed by atoms with E-state index in [1.807, 2.05) is 23.2 Å². The summed E-state index contributed by atoms with van der Waals surface area (Å²) < 4.78 is 0. The Bertz CT molecular complexity index is 639. The van der Waals surface area contributed by atoms with E-state index in [-0.39, 0.29) is 5.91 Å². The van der Waals surface area contributed by atoms with E-state index >= 15 is 0 Å². The molecule has 1 aromatic heterocycles. The average molecular weight is 330 g/mol. The lowest BCUT2D eigenvalue weighted by atomic mass is 10.1. The fourth-order valence-corrected chi connectivity index (χ4v) is 3.01. The molecule has 1 aromatic carbocycles. The van der Waals surface area contributed by atoms with Gasteiger partial charge in [0.1, 0.15) is 0 Å². The van der Waals surface area contributed by atoms with Crippen LogP contribution in [0.4, 0.5) is 0 Å². The van der Waals surface area contributed by atoms with Crippen LogP contribution in [-0.4, -0.2) is 35.4 Å². The number of rotatable bonds is 5. The molecule has 0 spiro atoms. The second kappa shape index (κ2) is 7.57. The van der Waals surface area contributed by atoms with Crippen molar-refractivity contribution in [2.24, 2.45) is 5.92 Å². The van der Waals surface area contributed by atoms with Crippen LogP contribution in [0.15, 0.2) is 48.8 Å². The van der Waals surface area contributed by atoms with Crippen LogP contribution in [0.1, 0.15) is 22.3 Å². The number of carbonyl (C=O) groups is 1. The Balaban J connectivity index is 1.78. The molecule has 1 fully saturated rings. The summed E-state index contributed by atoms with van der Waals surface area (Å²) in [6, 6.07) is 11.0. The maximum absolute atomic E-state index is 12.9. The van der Waals surface area contributed by atoms with Crippen molar-refractivity contribution in [3.63, 3.8) is 0 Å². The van der Waals surface area contributed by atoms with E-state index in [0.29, 0.717) is 23.0 Å². The van der Waals surface area contributed by atoms with Gasteiger partial charge < -0.3 is 10.2 Å². The van der Waals surface area contributed by atoms with Crippen molar-refractivity contribution in [1.29, 1.82) is 0 Å². The van der Waals surface area contributed by atoms with E-state index in [2.05, 4.69) is 10.3 Å². The number of nitrogens with one attached hydrogen (secondary N) is 1. The molecule has 2 heterocycles. The van der Waals surface area contributed by atoms with Gasteiger partial charge in [-0.25, -0.2) is 0 Å². The third-order valence-corrected chi connectivity index (χ3v) is 4.37. The lowest BCUT2D eigenvalue weighted by Gasteiger charge is -2.25. The molecule has 0 unspecified atom stereocenters. The molecule has 0 aliphatic carbocycles. The summed E-state index contributed by atoms with van der Waals surface area (Å²) in [5.74, 6) is 0.542. The van der Waals surface area contributed by atoms with Crippen LogP contribution in [-0.2, 0) is 6.54 Å². The number of amides is 1. The molecule has 1 saturated heterocycles. The monoisotopic (exact) mass is 329 g/mol. The third kappa shape index (κ3) is 4.30. The maximum atomic E-state index is 12.9. The zero-order valence-electron chi connectivity index (χ0n) is 12.9. The largest absolute Gasteiger partial charge is 0.334 e. The zero-order chi connectivity index (χ0) is 16.1. The number of carbonyl (C=O) groups excluding carboxylic acids is 1. The van der Waals surface area contributed by atoms with E-state index in [1.165, 1.54) is 0 Å². The van der Waals surface area contributed by atoms with Gasteiger partial charge in [0, 0.05) is 36.1 Å². The van der Waals surface area contributed by atoms with Crippen molar-refractivity contribution in [1.82, 2.24) is 15.2 Å². The minimum atomic E-state index is 0.0393. The van der Waals surface area contributed by atoms with Gasteiger partial charge in [0.15, 0.2) is 0 Å². The lowest BCUT2D eigenvalue weighted by molar-refractivity contribution is 0.0718. The van der Waals surface area contributed by atoms with Gasteiger partial charge in [-0.15, -0.1) is 0 Å². The van der Waals surface area contributed by atoms with Crippen molar-refractivity contribution >= 4 is 17.5 Å². The number of nitrogens with zero attached hydrogens (tertiary/aromatic N) is 2. The van der Waals surface area contributed by atoms with Crippen molar-refractivity contribution < 1.29 is 4.79 Å². The fourth-order valence-electron chi connectivity index (χ4n) is 2.89. The molecule has 2 aromatic rings. The molecular weight excluding hydrogens is 310 g/mol. The van der Waals surface area contributed by atoms with Gasteiger partial charge in [-0.1, -0.05) is 17.7 Å². The maximum Gasteiger partial charge on any atom is 0.254 e. The van der Waals surface area contributed by atoms with Crippen molar-refractivity contribution in [3.8, 4) is 0 Å². The molecule has 1 aliphatic rings. The predicted molar refractivity (Wildman–Crippen MR) is 91.4 cm³/mol. The lowest BCUT2D eigenvalue weighted by Crippen LogP contribution is -2.35. The second-order valence-corrected chi connectivity index (χ2v) is 6.35. The quantitative estimate of drug-likeness (QED) is 0.917. The zero-order valence-corrected chi connectivity index (χ0v) is 13.7. The van der Waals surface area contributed by atoms with Crippen LogP contribution < -0.4 is 5.32 Å². The molecule has 1 N–H and O–H groups in total. The molecule has 1 amide bonds. The molecule has 23 heavy (non-hydrogen) atoms. The van der Waals surface area contributed by atoms with Gasteiger partial charge in [-0.2, -0.15) is 0 Å². The minimum Gasteiger partial charge on any atom is -0.334 e. The van der Waals surface area contributed by atoms with Crippen LogP contribution in [0.2, 0.25) is 5.02 Å². The number of aromatic nitrogens is 1. The summed E-state index contributed by atoms with van der Waals surface area (Å²) in [7, 11) is 0. The van der Waals surface area contributed by atoms with Crippen LogP contribution in [0.3, 0.4) is 0 Å². The Morgan fingerprint density at radius 1 is 1.30 bits per heavy atom. The highest BCUT2D eigenvalue weighted by molar-refractivity contribution is 6.30. The second-order valence-electron chi connectivity index (χ2n) is 5.91. The number of hydrogen-bond acceptors (Lipinski definition) is 3. The number of hydrogen-bond donors (Lipinski definition) is 1. The molecule has 0 bridgehead atoms. The summed E-state index contributed by atoms with van der Waals surface area (Å²) in [4.78, 5) is 19.0. The van der Waals surface area contributed by atoms with Crippen molar-refractivity contribution in [3.05, 3.63) is 64.9 Å². The van der Waals surface area contributed by atoms with Gasteiger partial charge >= 0.3 is 0 Å². The number of benzene rings is 1. The molecule has 1 aliphatic heterocycles. The summed E-state index contributed by atoms with van der Waals surface area (Å²) in [6.07, 6.45) is 4.67. The molecule has 3 rings (SSSR count). The SMILES string of the molecule is O=C(c1ccc(Cl)cc1)N(Cc1cccnc1)C[C@@H]1CCNC1. The van der Waals surface area contributed by atoms with Gasteiger partial charge in [0.05, 0.1) is 0 Å². The van der Waals surface area contributed by atoms with Crippen LogP contribution >= 0.6 is 11.6 Å². The Morgan fingerprint density at radius 3 is 2.78 bits per heavy atom. The number of halogens is 1. The van der Waals surface area contributed by atoms with Crippen LogP contribution in [0.25, 0.3) is 0 Å². The standard InChI is InChI=1S/C18H20ClN3O/c19-17-5-3-16(4-6-17)18(23)22(13-15-7-9-21-11-15)12-14-2-1-8-20-10-14/h1-6,8,10,15,21H,7,9,11-13H2/t15-/m1/s1. The van der Waals surface area contributed by atoms with E-state index in [1.54, 1.807) is 30.5 Å². The van der Waals surface area contributed by atoms with Gasteiger partial charge in [0.25, 0.3) is 5.91 Å². The Labute approximate surface area is 141 Å². The third-order valence-electron chi connectivity index (χ3n) is 4.12. The minimum absolute atomic E-state index is 0.0393. The van der Waals surface area contributed by atoms with Crippen molar-refractivity contribution in [2.45, 2.75) is 13.0 Å². The number of pyridine rings is 1. The van der Waals surface area contributed by atoms with E-state index in [4.69, 9.17) is 11.6 Å². The molecular formula is C18H20ClN3O. The Hall–Kier alpha value is -1.91. The Kier molecular flexibility index (Phi) is 5.26. The first-order valence-electron chi connectivity index (χ1n) is 7.87. The molecule has 0 radical (unpaired) electrons. The van der Waals surface area contributed by atoms with Gasteiger partial charge in [-0.3, -0.25) is 9.78 Å². The van der Waals surface area contributed by atoms with Crippen LogP contribution in [0, 0.1) is 5.92 Å². The highest BCUT2D eigenvalue weighted by Gasteiger charge is 2.23. The molecule has 4 nitrogen and oxygen atoms in total. The highest BCUT2D eigenvalue weighted by Crippen LogP contribution is 2.17. The first-order chi connectivity index (χ1) is 11.2. The average Bonchev–Trinajstić information content (AvgIpc) is 3.08. The van der Waals surface area contributed by atoms with Crippen molar-refractivity contribution in [2.75, 3.05) is 19.6 Å². The first-order valence-corrected chi connectivity index (χ1v) is 8.24. The normalized spacial score (nSPS) is 17.2. The van der Waals surface area contributed by atoms with E-state index < -0.39 is 0 Å².